The van der Waals surface area contributed by atoms with E-state index in [1.165, 1.54) is 16.7 Å². The molecule has 0 saturated carbocycles. The second-order valence-electron chi connectivity index (χ2n) is 7.69. The number of piperidine rings is 1. The van der Waals surface area contributed by atoms with E-state index < -0.39 is 5.41 Å². The summed E-state index contributed by atoms with van der Waals surface area (Å²) in [5.74, 6) is 0.288. The lowest BCUT2D eigenvalue weighted by Crippen LogP contribution is -2.50. The van der Waals surface area contributed by atoms with Gasteiger partial charge in [-0.1, -0.05) is 61.5 Å². The van der Waals surface area contributed by atoms with E-state index in [2.05, 4.69) is 29.6 Å². The van der Waals surface area contributed by atoms with Gasteiger partial charge in [0.25, 0.3) is 0 Å². The summed E-state index contributed by atoms with van der Waals surface area (Å²) in [5.41, 5.74) is 3.06. The molecular weight excluding hydrogens is 348 g/mol. The first kappa shape index (κ1) is 20.1. The predicted octanol–water partition coefficient (Wildman–Crippen LogP) is 4.05. The van der Waals surface area contributed by atoms with Gasteiger partial charge in [-0.3, -0.25) is 9.59 Å². The van der Waals surface area contributed by atoms with Crippen LogP contribution in [0.3, 0.4) is 0 Å². The molecule has 1 saturated heterocycles. The zero-order valence-electron chi connectivity index (χ0n) is 16.9. The second kappa shape index (κ2) is 9.05. The van der Waals surface area contributed by atoms with E-state index in [0.717, 1.165) is 6.42 Å². The molecule has 2 aromatic carbocycles. The number of likely N-dealkylation sites (tertiary alicyclic amines) is 1. The van der Waals surface area contributed by atoms with Gasteiger partial charge in [-0.25, -0.2) is 0 Å². The fourth-order valence-electron chi connectivity index (χ4n) is 4.24. The van der Waals surface area contributed by atoms with Crippen LogP contribution in [-0.4, -0.2) is 36.9 Å². The van der Waals surface area contributed by atoms with Gasteiger partial charge in [0, 0.05) is 26.6 Å². The first-order chi connectivity index (χ1) is 13.6. The van der Waals surface area contributed by atoms with Crippen LogP contribution < -0.4 is 5.32 Å². The van der Waals surface area contributed by atoms with Crippen molar-refractivity contribution in [1.82, 2.24) is 10.2 Å². The van der Waals surface area contributed by atoms with Gasteiger partial charge in [-0.15, -0.1) is 0 Å². The Labute approximate surface area is 167 Å². The van der Waals surface area contributed by atoms with Gasteiger partial charge in [-0.05, 0) is 42.4 Å². The van der Waals surface area contributed by atoms with Gasteiger partial charge in [0.2, 0.25) is 11.8 Å². The van der Waals surface area contributed by atoms with Gasteiger partial charge in [0.15, 0.2) is 0 Å². The average molecular weight is 379 g/mol. The van der Waals surface area contributed by atoms with Crippen LogP contribution in [0, 0.1) is 5.41 Å². The summed E-state index contributed by atoms with van der Waals surface area (Å²) in [5, 5.41) is 2.88. The Morgan fingerprint density at radius 3 is 2.29 bits per heavy atom. The molecule has 2 aromatic rings. The molecule has 0 aromatic heterocycles. The Kier molecular flexibility index (Phi) is 6.50. The van der Waals surface area contributed by atoms with E-state index in [4.69, 9.17) is 0 Å². The molecule has 0 spiro atoms. The molecule has 1 heterocycles. The largest absolute Gasteiger partial charge is 0.359 e. The smallest absolute Gasteiger partial charge is 0.226 e. The van der Waals surface area contributed by atoms with Crippen molar-refractivity contribution in [2.45, 2.75) is 39.0 Å². The van der Waals surface area contributed by atoms with Crippen molar-refractivity contribution in [1.29, 1.82) is 0 Å². The quantitative estimate of drug-likeness (QED) is 0.824. The molecule has 28 heavy (non-hydrogen) atoms. The first-order valence-corrected chi connectivity index (χ1v) is 10.2. The summed E-state index contributed by atoms with van der Waals surface area (Å²) >= 11 is 0. The zero-order valence-corrected chi connectivity index (χ0v) is 16.9. The summed E-state index contributed by atoms with van der Waals surface area (Å²) in [6.45, 7) is 3.33. The molecule has 0 unspecified atom stereocenters. The molecule has 1 fully saturated rings. The molecule has 0 aliphatic carbocycles. The molecule has 4 heteroatoms. The minimum Gasteiger partial charge on any atom is -0.359 e. The molecular formula is C24H30N2O2. The average Bonchev–Trinajstić information content (AvgIpc) is 2.75. The Morgan fingerprint density at radius 1 is 1.00 bits per heavy atom. The molecule has 148 valence electrons. The lowest BCUT2D eigenvalue weighted by molar-refractivity contribution is -0.140. The number of hydrogen-bond donors (Lipinski definition) is 1. The normalized spacial score (nSPS) is 15.9. The van der Waals surface area contributed by atoms with Crippen LogP contribution in [0.1, 0.15) is 38.2 Å². The van der Waals surface area contributed by atoms with Crippen LogP contribution in [0.25, 0.3) is 11.1 Å². The molecule has 0 radical (unpaired) electrons. The lowest BCUT2D eigenvalue weighted by Gasteiger charge is -2.41. The molecule has 1 aliphatic rings. The van der Waals surface area contributed by atoms with Crippen molar-refractivity contribution in [2.75, 3.05) is 20.1 Å². The highest BCUT2D eigenvalue weighted by atomic mass is 16.2. The number of amides is 2. The third kappa shape index (κ3) is 4.27. The standard InChI is InChI=1S/C24H30N2O2/c1-3-9-22(27)26-16-14-24(15-17-26,23(28)25-2)18-20-12-7-8-13-21(20)19-10-5-4-6-11-19/h4-8,10-13H,3,9,14-18H2,1-2H3,(H,25,28). The summed E-state index contributed by atoms with van der Waals surface area (Å²) in [6, 6.07) is 18.7. The number of benzene rings is 2. The zero-order chi connectivity index (χ0) is 20.0. The highest BCUT2D eigenvalue weighted by molar-refractivity contribution is 5.84. The van der Waals surface area contributed by atoms with E-state index in [1.807, 2.05) is 42.2 Å². The molecule has 2 amide bonds. The first-order valence-electron chi connectivity index (χ1n) is 10.2. The van der Waals surface area contributed by atoms with Crippen LogP contribution in [0.4, 0.5) is 0 Å². The molecule has 0 bridgehead atoms. The van der Waals surface area contributed by atoms with Gasteiger partial charge in [0.05, 0.1) is 5.41 Å². The van der Waals surface area contributed by atoms with Crippen LogP contribution in [0.15, 0.2) is 54.6 Å². The maximum Gasteiger partial charge on any atom is 0.226 e. The van der Waals surface area contributed by atoms with Crippen molar-refractivity contribution >= 4 is 11.8 Å². The maximum atomic E-state index is 12.9. The number of carbonyl (C=O) groups excluding carboxylic acids is 2. The third-order valence-corrected chi connectivity index (χ3v) is 5.88. The Bertz CT molecular complexity index is 808. The maximum absolute atomic E-state index is 12.9. The highest BCUT2D eigenvalue weighted by Crippen LogP contribution is 2.38. The molecule has 4 nitrogen and oxygen atoms in total. The van der Waals surface area contributed by atoms with Crippen LogP contribution >= 0.6 is 0 Å². The van der Waals surface area contributed by atoms with Crippen molar-refractivity contribution in [3.05, 3.63) is 60.2 Å². The van der Waals surface area contributed by atoms with Crippen molar-refractivity contribution in [2.24, 2.45) is 5.41 Å². The van der Waals surface area contributed by atoms with Crippen molar-refractivity contribution in [3.63, 3.8) is 0 Å². The van der Waals surface area contributed by atoms with Gasteiger partial charge >= 0.3 is 0 Å². The Balaban J connectivity index is 1.86. The second-order valence-corrected chi connectivity index (χ2v) is 7.69. The minimum atomic E-state index is -0.470. The fourth-order valence-corrected chi connectivity index (χ4v) is 4.24. The monoisotopic (exact) mass is 378 g/mol. The summed E-state index contributed by atoms with van der Waals surface area (Å²) < 4.78 is 0. The van der Waals surface area contributed by atoms with Gasteiger partial charge < -0.3 is 10.2 Å². The van der Waals surface area contributed by atoms with E-state index >= 15 is 0 Å². The van der Waals surface area contributed by atoms with E-state index in [-0.39, 0.29) is 11.8 Å². The van der Waals surface area contributed by atoms with Crippen LogP contribution in [0.5, 0.6) is 0 Å². The molecule has 1 N–H and O–H groups in total. The number of hydrogen-bond acceptors (Lipinski definition) is 2. The molecule has 1 aliphatic heterocycles. The predicted molar refractivity (Wildman–Crippen MR) is 113 cm³/mol. The molecule has 0 atom stereocenters. The van der Waals surface area contributed by atoms with E-state index in [1.54, 1.807) is 7.05 Å². The number of rotatable bonds is 6. The van der Waals surface area contributed by atoms with Crippen molar-refractivity contribution in [3.8, 4) is 11.1 Å². The lowest BCUT2D eigenvalue weighted by atomic mass is 9.72. The minimum absolute atomic E-state index is 0.0814. The van der Waals surface area contributed by atoms with Crippen LogP contribution in [-0.2, 0) is 16.0 Å². The number of carbonyl (C=O) groups is 2. The van der Waals surface area contributed by atoms with Gasteiger partial charge in [0.1, 0.15) is 0 Å². The Hall–Kier alpha value is -2.62. The SMILES string of the molecule is CCCC(=O)N1CCC(Cc2ccccc2-c2ccccc2)(C(=O)NC)CC1. The number of nitrogens with one attached hydrogen (secondary N) is 1. The Morgan fingerprint density at radius 2 is 1.64 bits per heavy atom. The highest BCUT2D eigenvalue weighted by Gasteiger charge is 2.42. The third-order valence-electron chi connectivity index (χ3n) is 5.88. The fraction of sp³-hybridized carbons (Fsp3) is 0.417. The number of nitrogens with zero attached hydrogens (tertiary/aromatic N) is 1. The summed E-state index contributed by atoms with van der Waals surface area (Å²) in [6.07, 6.45) is 3.54. The van der Waals surface area contributed by atoms with Gasteiger partial charge in [-0.2, -0.15) is 0 Å². The van der Waals surface area contributed by atoms with Crippen molar-refractivity contribution < 1.29 is 9.59 Å². The van der Waals surface area contributed by atoms with Crippen LogP contribution in [0.2, 0.25) is 0 Å². The molecule has 3 rings (SSSR count). The summed E-state index contributed by atoms with van der Waals surface area (Å²) in [4.78, 5) is 27.1. The summed E-state index contributed by atoms with van der Waals surface area (Å²) in [7, 11) is 1.71. The van der Waals surface area contributed by atoms with E-state index in [9.17, 15) is 9.59 Å². The van der Waals surface area contributed by atoms with E-state index in [0.29, 0.717) is 38.8 Å². The topological polar surface area (TPSA) is 49.4 Å².